The largest absolute Gasteiger partial charge is 0.325 e. The van der Waals surface area contributed by atoms with Gasteiger partial charge in [0.15, 0.2) is 0 Å². The number of rotatable bonds is 3. The highest BCUT2D eigenvalue weighted by Crippen LogP contribution is 2.30. The molecule has 0 spiro atoms. The Morgan fingerprint density at radius 1 is 1.21 bits per heavy atom. The quantitative estimate of drug-likeness (QED) is 0.826. The SMILES string of the molecule is CC1(c2ccc(C#N)cc2)NC(=O)N(Cc2cccc(Br)c2)C1=O. The summed E-state index contributed by atoms with van der Waals surface area (Å²) in [5, 5.41) is 11.6. The first-order valence-corrected chi connectivity index (χ1v) is 8.12. The molecule has 1 N–H and O–H groups in total. The maximum atomic E-state index is 12.8. The van der Waals surface area contributed by atoms with Gasteiger partial charge < -0.3 is 5.32 Å². The number of amides is 3. The zero-order chi connectivity index (χ0) is 17.3. The van der Waals surface area contributed by atoms with Crippen molar-refractivity contribution in [3.63, 3.8) is 0 Å². The lowest BCUT2D eigenvalue weighted by molar-refractivity contribution is -0.131. The van der Waals surface area contributed by atoms with Crippen LogP contribution in [0.25, 0.3) is 0 Å². The Balaban J connectivity index is 1.88. The first kappa shape index (κ1) is 16.2. The summed E-state index contributed by atoms with van der Waals surface area (Å²) in [5.74, 6) is -0.308. The van der Waals surface area contributed by atoms with Gasteiger partial charge in [-0.2, -0.15) is 5.26 Å². The van der Waals surface area contributed by atoms with Gasteiger partial charge in [0.25, 0.3) is 5.91 Å². The molecular formula is C18H14BrN3O2. The molecule has 0 aromatic heterocycles. The number of hydrogen-bond acceptors (Lipinski definition) is 3. The minimum Gasteiger partial charge on any atom is -0.319 e. The van der Waals surface area contributed by atoms with E-state index in [1.807, 2.05) is 30.3 Å². The molecule has 24 heavy (non-hydrogen) atoms. The van der Waals surface area contributed by atoms with Crippen LogP contribution in [0, 0.1) is 11.3 Å². The number of nitrogens with one attached hydrogen (secondary N) is 1. The fourth-order valence-corrected chi connectivity index (χ4v) is 3.18. The smallest absolute Gasteiger partial charge is 0.319 e. The topological polar surface area (TPSA) is 73.2 Å². The van der Waals surface area contributed by atoms with Crippen LogP contribution >= 0.6 is 15.9 Å². The van der Waals surface area contributed by atoms with Gasteiger partial charge in [-0.05, 0) is 42.3 Å². The summed E-state index contributed by atoms with van der Waals surface area (Å²) in [6, 6.07) is 15.8. The Labute approximate surface area is 148 Å². The van der Waals surface area contributed by atoms with Gasteiger partial charge in [0.2, 0.25) is 0 Å². The van der Waals surface area contributed by atoms with E-state index >= 15 is 0 Å². The van der Waals surface area contributed by atoms with Crippen LogP contribution in [0.15, 0.2) is 53.0 Å². The first-order chi connectivity index (χ1) is 11.4. The van der Waals surface area contributed by atoms with Gasteiger partial charge in [-0.25, -0.2) is 4.79 Å². The number of carbonyl (C=O) groups is 2. The predicted octanol–water partition coefficient (Wildman–Crippen LogP) is 3.29. The standard InChI is InChI=1S/C18H14BrN3O2/c1-18(14-7-5-12(10-20)6-8-14)16(23)22(17(24)21-18)11-13-3-2-4-15(19)9-13/h2-9H,11H2,1H3,(H,21,24). The third-order valence-corrected chi connectivity index (χ3v) is 4.59. The van der Waals surface area contributed by atoms with Gasteiger partial charge in [0.1, 0.15) is 5.54 Å². The molecule has 1 unspecified atom stereocenters. The molecule has 1 fully saturated rings. The number of imide groups is 1. The highest BCUT2D eigenvalue weighted by atomic mass is 79.9. The summed E-state index contributed by atoms with van der Waals surface area (Å²) in [7, 11) is 0. The number of hydrogen-bond donors (Lipinski definition) is 1. The average Bonchev–Trinajstić information content (AvgIpc) is 2.79. The van der Waals surface area contributed by atoms with Crippen LogP contribution in [-0.4, -0.2) is 16.8 Å². The van der Waals surface area contributed by atoms with Crippen LogP contribution in [0.5, 0.6) is 0 Å². The molecule has 3 amide bonds. The van der Waals surface area contributed by atoms with Crippen molar-refractivity contribution in [3.8, 4) is 6.07 Å². The van der Waals surface area contributed by atoms with E-state index in [1.165, 1.54) is 4.90 Å². The zero-order valence-electron chi connectivity index (χ0n) is 12.9. The second-order valence-corrected chi connectivity index (χ2v) is 6.68. The molecule has 0 bridgehead atoms. The molecule has 2 aromatic carbocycles. The van der Waals surface area contributed by atoms with Gasteiger partial charge in [0.05, 0.1) is 18.2 Å². The number of nitriles is 1. The summed E-state index contributed by atoms with van der Waals surface area (Å²) in [5.41, 5.74) is 0.885. The van der Waals surface area contributed by atoms with Gasteiger partial charge in [-0.15, -0.1) is 0 Å². The third kappa shape index (κ3) is 2.79. The van der Waals surface area contributed by atoms with Gasteiger partial charge in [0, 0.05) is 4.47 Å². The van der Waals surface area contributed by atoms with Gasteiger partial charge in [-0.1, -0.05) is 40.2 Å². The molecule has 5 nitrogen and oxygen atoms in total. The van der Waals surface area contributed by atoms with Gasteiger partial charge in [-0.3, -0.25) is 9.69 Å². The molecule has 6 heteroatoms. The maximum absolute atomic E-state index is 12.8. The number of halogens is 1. The van der Waals surface area contributed by atoms with Crippen LogP contribution in [0.4, 0.5) is 4.79 Å². The highest BCUT2D eigenvalue weighted by Gasteiger charge is 2.48. The number of urea groups is 1. The van der Waals surface area contributed by atoms with E-state index in [0.717, 1.165) is 10.0 Å². The predicted molar refractivity (Wildman–Crippen MR) is 91.7 cm³/mol. The van der Waals surface area contributed by atoms with Crippen LogP contribution in [-0.2, 0) is 16.9 Å². The third-order valence-electron chi connectivity index (χ3n) is 4.10. The van der Waals surface area contributed by atoms with Crippen molar-refractivity contribution < 1.29 is 9.59 Å². The van der Waals surface area contributed by atoms with Crippen molar-refractivity contribution in [2.24, 2.45) is 0 Å². The average molecular weight is 384 g/mol. The van der Waals surface area contributed by atoms with E-state index in [2.05, 4.69) is 21.2 Å². The second-order valence-electron chi connectivity index (χ2n) is 5.77. The van der Waals surface area contributed by atoms with E-state index in [-0.39, 0.29) is 12.5 Å². The maximum Gasteiger partial charge on any atom is 0.325 e. The number of nitrogens with zero attached hydrogens (tertiary/aromatic N) is 2. The molecule has 1 saturated heterocycles. The molecular weight excluding hydrogens is 370 g/mol. The van der Waals surface area contributed by atoms with E-state index in [9.17, 15) is 9.59 Å². The Morgan fingerprint density at radius 3 is 2.54 bits per heavy atom. The molecule has 1 heterocycles. The van der Waals surface area contributed by atoms with Crippen molar-refractivity contribution in [2.75, 3.05) is 0 Å². The monoisotopic (exact) mass is 383 g/mol. The molecule has 0 radical (unpaired) electrons. The molecule has 0 aliphatic carbocycles. The van der Waals surface area contributed by atoms with Crippen LogP contribution in [0.3, 0.4) is 0 Å². The van der Waals surface area contributed by atoms with Crippen molar-refractivity contribution >= 4 is 27.9 Å². The lowest BCUT2D eigenvalue weighted by Gasteiger charge is -2.22. The number of benzene rings is 2. The second kappa shape index (κ2) is 6.10. The number of carbonyl (C=O) groups excluding carboxylic acids is 2. The Kier molecular flexibility index (Phi) is 4.12. The van der Waals surface area contributed by atoms with Crippen LogP contribution in [0.2, 0.25) is 0 Å². The van der Waals surface area contributed by atoms with Gasteiger partial charge >= 0.3 is 6.03 Å². The summed E-state index contributed by atoms with van der Waals surface area (Å²) in [6.07, 6.45) is 0. The molecule has 1 atom stereocenters. The van der Waals surface area contributed by atoms with Crippen molar-refractivity contribution in [1.82, 2.24) is 10.2 Å². The van der Waals surface area contributed by atoms with E-state index in [1.54, 1.807) is 31.2 Å². The molecule has 0 saturated carbocycles. The van der Waals surface area contributed by atoms with E-state index in [4.69, 9.17) is 5.26 Å². The zero-order valence-corrected chi connectivity index (χ0v) is 14.5. The summed E-state index contributed by atoms with van der Waals surface area (Å²) < 4.78 is 0.891. The van der Waals surface area contributed by atoms with E-state index < -0.39 is 11.6 Å². The van der Waals surface area contributed by atoms with Crippen molar-refractivity contribution in [2.45, 2.75) is 19.0 Å². The Hall–Kier alpha value is -2.65. The lowest BCUT2D eigenvalue weighted by Crippen LogP contribution is -2.40. The van der Waals surface area contributed by atoms with E-state index in [0.29, 0.717) is 11.1 Å². The van der Waals surface area contributed by atoms with Crippen molar-refractivity contribution in [3.05, 3.63) is 69.7 Å². The minimum absolute atomic E-state index is 0.204. The summed E-state index contributed by atoms with van der Waals surface area (Å²) >= 11 is 3.38. The van der Waals surface area contributed by atoms with Crippen LogP contribution in [0.1, 0.15) is 23.6 Å². The highest BCUT2D eigenvalue weighted by molar-refractivity contribution is 9.10. The molecule has 3 rings (SSSR count). The molecule has 120 valence electrons. The Morgan fingerprint density at radius 2 is 1.92 bits per heavy atom. The Bertz CT molecular complexity index is 857. The molecule has 1 aliphatic heterocycles. The van der Waals surface area contributed by atoms with Crippen LogP contribution < -0.4 is 5.32 Å². The fraction of sp³-hybridized carbons (Fsp3) is 0.167. The lowest BCUT2D eigenvalue weighted by atomic mass is 9.91. The summed E-state index contributed by atoms with van der Waals surface area (Å²) in [6.45, 7) is 1.88. The fourth-order valence-electron chi connectivity index (χ4n) is 2.73. The summed E-state index contributed by atoms with van der Waals surface area (Å²) in [4.78, 5) is 26.4. The molecule has 2 aromatic rings. The first-order valence-electron chi connectivity index (χ1n) is 7.33. The van der Waals surface area contributed by atoms with Crippen molar-refractivity contribution in [1.29, 1.82) is 5.26 Å². The minimum atomic E-state index is -1.13. The normalized spacial score (nSPS) is 20.0. The molecule has 1 aliphatic rings.